The van der Waals surface area contributed by atoms with Crippen LogP contribution in [0.5, 0.6) is 11.5 Å². The summed E-state index contributed by atoms with van der Waals surface area (Å²) in [6, 6.07) is 8.10. The molecule has 0 radical (unpaired) electrons. The first kappa shape index (κ1) is 15.4. The number of rotatable bonds is 4. The molecule has 0 aliphatic rings. The predicted octanol–water partition coefficient (Wildman–Crippen LogP) is 2.73. The minimum Gasteiger partial charge on any atom is -0.545 e. The standard InChI is InChI=1S/C13H9Cl2NO5/c14-7-1-4-12(10(15)5-7)21-8-2-3-11(16(19)20)9(6-8)13(17)18/h1-6,19-20H,(H,17,18)/p-1. The molecule has 21 heavy (non-hydrogen) atoms. The number of carbonyl (C=O) groups excluding carboxylic acids is 1. The van der Waals surface area contributed by atoms with Gasteiger partial charge in [-0.3, -0.25) is 10.4 Å². The van der Waals surface area contributed by atoms with E-state index in [2.05, 4.69) is 0 Å². The van der Waals surface area contributed by atoms with Crippen LogP contribution in [-0.4, -0.2) is 16.4 Å². The number of carbonyl (C=O) groups is 1. The molecule has 0 amide bonds. The third kappa shape index (κ3) is 3.56. The first-order chi connectivity index (χ1) is 9.88. The summed E-state index contributed by atoms with van der Waals surface area (Å²) >= 11 is 11.7. The molecule has 2 rings (SSSR count). The van der Waals surface area contributed by atoms with Gasteiger partial charge in [-0.25, -0.2) is 0 Å². The van der Waals surface area contributed by atoms with Crippen LogP contribution in [0.4, 0.5) is 5.69 Å². The number of anilines is 1. The maximum atomic E-state index is 11.0. The number of carboxylic acid groups (broad SMARTS) is 1. The van der Waals surface area contributed by atoms with Crippen molar-refractivity contribution in [1.82, 2.24) is 0 Å². The molecule has 8 heteroatoms. The molecule has 0 heterocycles. The third-order valence-electron chi connectivity index (χ3n) is 2.53. The van der Waals surface area contributed by atoms with E-state index in [-0.39, 0.29) is 27.4 Å². The summed E-state index contributed by atoms with van der Waals surface area (Å²) in [6.45, 7) is 0. The lowest BCUT2D eigenvalue weighted by Crippen LogP contribution is -2.25. The molecular formula is C13H8Cl2NO5-. The first-order valence-electron chi connectivity index (χ1n) is 5.54. The molecular weight excluding hydrogens is 321 g/mol. The normalized spacial score (nSPS) is 10.3. The Morgan fingerprint density at radius 1 is 1.14 bits per heavy atom. The number of halogens is 2. The molecule has 0 spiro atoms. The zero-order valence-corrected chi connectivity index (χ0v) is 11.8. The van der Waals surface area contributed by atoms with Gasteiger partial charge in [0.25, 0.3) is 0 Å². The summed E-state index contributed by atoms with van der Waals surface area (Å²) in [7, 11) is 0. The van der Waals surface area contributed by atoms with Crippen LogP contribution in [0.2, 0.25) is 10.0 Å². The molecule has 2 N–H and O–H groups in total. The van der Waals surface area contributed by atoms with Gasteiger partial charge in [0, 0.05) is 10.6 Å². The highest BCUT2D eigenvalue weighted by molar-refractivity contribution is 6.35. The Balaban J connectivity index is 2.37. The average Bonchev–Trinajstić information content (AvgIpc) is 2.41. The molecule has 0 bridgehead atoms. The average molecular weight is 329 g/mol. The van der Waals surface area contributed by atoms with E-state index in [1.54, 1.807) is 6.07 Å². The summed E-state index contributed by atoms with van der Waals surface area (Å²) in [5.74, 6) is -1.20. The van der Waals surface area contributed by atoms with Crippen LogP contribution in [0.25, 0.3) is 0 Å². The smallest absolute Gasteiger partial charge is 0.146 e. The largest absolute Gasteiger partial charge is 0.545 e. The van der Waals surface area contributed by atoms with Gasteiger partial charge >= 0.3 is 0 Å². The highest BCUT2D eigenvalue weighted by Gasteiger charge is 2.11. The van der Waals surface area contributed by atoms with Crippen LogP contribution < -0.4 is 15.1 Å². The van der Waals surface area contributed by atoms with Gasteiger partial charge in [-0.2, -0.15) is 0 Å². The van der Waals surface area contributed by atoms with Crippen molar-refractivity contribution < 1.29 is 25.1 Å². The monoisotopic (exact) mass is 328 g/mol. The van der Waals surface area contributed by atoms with Crippen molar-refractivity contribution in [2.75, 3.05) is 5.23 Å². The summed E-state index contributed by atoms with van der Waals surface area (Å²) in [5.41, 5.74) is -0.813. The first-order valence-corrected chi connectivity index (χ1v) is 6.30. The van der Waals surface area contributed by atoms with E-state index in [0.717, 1.165) is 12.1 Å². The molecule has 0 aliphatic heterocycles. The molecule has 0 aliphatic carbocycles. The number of aromatic carboxylic acids is 1. The van der Waals surface area contributed by atoms with Crippen molar-refractivity contribution in [3.63, 3.8) is 0 Å². The fraction of sp³-hybridized carbons (Fsp3) is 0. The highest BCUT2D eigenvalue weighted by Crippen LogP contribution is 2.33. The quantitative estimate of drug-likeness (QED) is 0.838. The fourth-order valence-corrected chi connectivity index (χ4v) is 2.05. The SMILES string of the molecule is O=C([O-])c1cc(Oc2ccc(Cl)cc2Cl)ccc1N(O)O. The van der Waals surface area contributed by atoms with E-state index in [1.807, 2.05) is 0 Å². The molecule has 0 fully saturated rings. The topological polar surface area (TPSA) is 93.1 Å². The van der Waals surface area contributed by atoms with Gasteiger partial charge in [-0.1, -0.05) is 23.2 Å². The van der Waals surface area contributed by atoms with Crippen LogP contribution in [0.3, 0.4) is 0 Å². The van der Waals surface area contributed by atoms with Crippen molar-refractivity contribution in [3.8, 4) is 11.5 Å². The summed E-state index contributed by atoms with van der Waals surface area (Å²) in [5, 5.41) is 29.2. The Morgan fingerprint density at radius 3 is 2.43 bits per heavy atom. The van der Waals surface area contributed by atoms with Gasteiger partial charge < -0.3 is 14.6 Å². The molecule has 2 aromatic carbocycles. The molecule has 0 saturated carbocycles. The van der Waals surface area contributed by atoms with Gasteiger partial charge in [-0.15, -0.1) is 5.23 Å². The Labute approximate surface area is 129 Å². The van der Waals surface area contributed by atoms with Crippen molar-refractivity contribution in [3.05, 3.63) is 52.0 Å². The van der Waals surface area contributed by atoms with E-state index >= 15 is 0 Å². The second-order valence-corrected chi connectivity index (χ2v) is 4.78. The Kier molecular flexibility index (Phi) is 4.54. The number of hydrogen-bond donors (Lipinski definition) is 2. The van der Waals surface area contributed by atoms with Gasteiger partial charge in [-0.05, 0) is 36.4 Å². The van der Waals surface area contributed by atoms with Crippen molar-refractivity contribution in [2.45, 2.75) is 0 Å². The fourth-order valence-electron chi connectivity index (χ4n) is 1.60. The molecule has 2 aromatic rings. The molecule has 110 valence electrons. The number of hydrogen-bond acceptors (Lipinski definition) is 6. The molecule has 0 saturated heterocycles. The van der Waals surface area contributed by atoms with E-state index in [4.69, 9.17) is 38.4 Å². The minimum absolute atomic E-state index is 0.129. The summed E-state index contributed by atoms with van der Waals surface area (Å²) in [6.07, 6.45) is 0. The molecule has 6 nitrogen and oxygen atoms in total. The number of nitrogens with zero attached hydrogens (tertiary/aromatic N) is 1. The van der Waals surface area contributed by atoms with Crippen LogP contribution in [0.1, 0.15) is 10.4 Å². The Bertz CT molecular complexity index is 690. The van der Waals surface area contributed by atoms with Crippen LogP contribution in [0, 0.1) is 0 Å². The Hall–Kier alpha value is -1.99. The zero-order chi connectivity index (χ0) is 15.6. The maximum absolute atomic E-state index is 11.0. The van der Waals surface area contributed by atoms with Gasteiger partial charge in [0.2, 0.25) is 0 Å². The van der Waals surface area contributed by atoms with E-state index in [0.29, 0.717) is 5.02 Å². The highest BCUT2D eigenvalue weighted by atomic mass is 35.5. The van der Waals surface area contributed by atoms with Crippen molar-refractivity contribution >= 4 is 34.9 Å². The summed E-state index contributed by atoms with van der Waals surface area (Å²) in [4.78, 5) is 11.0. The summed E-state index contributed by atoms with van der Waals surface area (Å²) < 4.78 is 5.43. The van der Waals surface area contributed by atoms with E-state index in [1.165, 1.54) is 18.2 Å². The molecule has 0 unspecified atom stereocenters. The minimum atomic E-state index is -1.59. The van der Waals surface area contributed by atoms with Gasteiger partial charge in [0.1, 0.15) is 17.2 Å². The van der Waals surface area contributed by atoms with Crippen LogP contribution >= 0.6 is 23.2 Å². The van der Waals surface area contributed by atoms with Gasteiger partial charge in [0.05, 0.1) is 11.0 Å². The predicted molar refractivity (Wildman–Crippen MR) is 73.4 cm³/mol. The van der Waals surface area contributed by atoms with Gasteiger partial charge in [0.15, 0.2) is 0 Å². The molecule has 0 atom stereocenters. The van der Waals surface area contributed by atoms with Crippen LogP contribution in [-0.2, 0) is 0 Å². The third-order valence-corrected chi connectivity index (χ3v) is 3.06. The number of carboxylic acids is 1. The van der Waals surface area contributed by atoms with Crippen LogP contribution in [0.15, 0.2) is 36.4 Å². The number of benzene rings is 2. The lowest BCUT2D eigenvalue weighted by Gasteiger charge is -2.16. The van der Waals surface area contributed by atoms with Crippen molar-refractivity contribution in [2.24, 2.45) is 0 Å². The number of ether oxygens (including phenoxy) is 1. The second kappa shape index (κ2) is 6.19. The zero-order valence-electron chi connectivity index (χ0n) is 10.3. The van der Waals surface area contributed by atoms with Crippen molar-refractivity contribution in [1.29, 1.82) is 0 Å². The van der Waals surface area contributed by atoms with E-state index in [9.17, 15) is 9.90 Å². The van der Waals surface area contributed by atoms with E-state index < -0.39 is 11.5 Å². The Morgan fingerprint density at radius 2 is 1.86 bits per heavy atom. The lowest BCUT2D eigenvalue weighted by molar-refractivity contribution is -0.255. The maximum Gasteiger partial charge on any atom is 0.146 e. The second-order valence-electron chi connectivity index (χ2n) is 3.93. The lowest BCUT2D eigenvalue weighted by atomic mass is 10.1. The molecule has 0 aromatic heterocycles.